The SMILES string of the molecule is CCN1C=C(C)C(=O)C(NC(=O)NC(CC(=O)O)c2cccc(-c3ccccc3)c2)C1=O. The first kappa shape index (κ1) is 22.7. The molecule has 166 valence electrons. The van der Waals surface area contributed by atoms with E-state index in [0.717, 1.165) is 11.1 Å². The van der Waals surface area contributed by atoms with Crippen molar-refractivity contribution in [3.63, 3.8) is 0 Å². The lowest BCUT2D eigenvalue weighted by atomic mass is 9.98. The third-order valence-electron chi connectivity index (χ3n) is 5.23. The lowest BCUT2D eigenvalue weighted by Gasteiger charge is -2.29. The number of hydrogen-bond acceptors (Lipinski definition) is 4. The highest BCUT2D eigenvalue weighted by molar-refractivity contribution is 6.16. The van der Waals surface area contributed by atoms with Gasteiger partial charge in [-0.2, -0.15) is 0 Å². The molecule has 0 saturated carbocycles. The van der Waals surface area contributed by atoms with Crippen molar-refractivity contribution in [3.8, 4) is 11.1 Å². The Labute approximate surface area is 185 Å². The van der Waals surface area contributed by atoms with Crippen molar-refractivity contribution in [2.24, 2.45) is 0 Å². The second kappa shape index (κ2) is 9.91. The molecular formula is C24H25N3O5. The fourth-order valence-corrected chi connectivity index (χ4v) is 3.56. The standard InChI is InChI=1S/C24H25N3O5/c1-3-27-14-15(2)22(30)21(23(27)31)26-24(32)25-19(13-20(28)29)18-11-7-10-17(12-18)16-8-5-4-6-9-16/h4-12,14,19,21H,3,13H2,1-2H3,(H,28,29)(H2,25,26,32). The molecule has 1 aliphatic rings. The van der Waals surface area contributed by atoms with Gasteiger partial charge in [0, 0.05) is 18.3 Å². The van der Waals surface area contributed by atoms with Crippen LogP contribution in [0.25, 0.3) is 11.1 Å². The first-order valence-corrected chi connectivity index (χ1v) is 10.3. The molecule has 3 amide bonds. The second-order valence-electron chi connectivity index (χ2n) is 7.49. The summed E-state index contributed by atoms with van der Waals surface area (Å²) in [5.41, 5.74) is 2.77. The molecule has 0 aliphatic carbocycles. The summed E-state index contributed by atoms with van der Waals surface area (Å²) in [6, 6.07) is 13.8. The molecule has 2 aromatic rings. The van der Waals surface area contributed by atoms with Gasteiger partial charge in [-0.05, 0) is 36.6 Å². The molecule has 0 radical (unpaired) electrons. The molecule has 3 N–H and O–H groups in total. The fourth-order valence-electron chi connectivity index (χ4n) is 3.56. The largest absolute Gasteiger partial charge is 0.481 e. The van der Waals surface area contributed by atoms with Gasteiger partial charge in [0.05, 0.1) is 12.5 Å². The second-order valence-corrected chi connectivity index (χ2v) is 7.49. The van der Waals surface area contributed by atoms with Gasteiger partial charge in [-0.25, -0.2) is 4.79 Å². The number of carbonyl (C=O) groups excluding carboxylic acids is 3. The molecule has 0 spiro atoms. The summed E-state index contributed by atoms with van der Waals surface area (Å²) >= 11 is 0. The van der Waals surface area contributed by atoms with Crippen molar-refractivity contribution in [2.45, 2.75) is 32.4 Å². The van der Waals surface area contributed by atoms with E-state index < -0.39 is 35.8 Å². The van der Waals surface area contributed by atoms with E-state index in [1.54, 1.807) is 26.0 Å². The molecule has 2 unspecified atom stereocenters. The molecule has 2 atom stereocenters. The maximum absolute atomic E-state index is 12.7. The molecule has 32 heavy (non-hydrogen) atoms. The summed E-state index contributed by atoms with van der Waals surface area (Å²) in [5, 5.41) is 14.4. The summed E-state index contributed by atoms with van der Waals surface area (Å²) in [6.45, 7) is 3.70. The van der Waals surface area contributed by atoms with Crippen molar-refractivity contribution in [1.29, 1.82) is 0 Å². The molecule has 0 bridgehead atoms. The fraction of sp³-hybridized carbons (Fsp3) is 0.250. The molecule has 8 heteroatoms. The van der Waals surface area contributed by atoms with Gasteiger partial charge in [0.1, 0.15) is 0 Å². The van der Waals surface area contributed by atoms with Crippen LogP contribution in [0, 0.1) is 0 Å². The average molecular weight is 435 g/mol. The molecule has 0 aromatic heterocycles. The van der Waals surface area contributed by atoms with Gasteiger partial charge in [0.2, 0.25) is 0 Å². The number of carbonyl (C=O) groups is 4. The van der Waals surface area contributed by atoms with Crippen LogP contribution in [0.2, 0.25) is 0 Å². The van der Waals surface area contributed by atoms with Crippen LogP contribution in [0.1, 0.15) is 31.9 Å². The number of carboxylic acid groups (broad SMARTS) is 1. The molecule has 0 fully saturated rings. The van der Waals surface area contributed by atoms with Gasteiger partial charge in [-0.15, -0.1) is 0 Å². The highest BCUT2D eigenvalue weighted by Crippen LogP contribution is 2.25. The van der Waals surface area contributed by atoms with Crippen LogP contribution in [-0.2, 0) is 14.4 Å². The lowest BCUT2D eigenvalue weighted by molar-refractivity contribution is -0.138. The number of likely N-dealkylation sites (N-methyl/N-ethyl adjacent to an activating group) is 1. The quantitative estimate of drug-likeness (QED) is 0.579. The Morgan fingerprint density at radius 2 is 1.75 bits per heavy atom. The Balaban J connectivity index is 1.80. The van der Waals surface area contributed by atoms with Crippen molar-refractivity contribution in [3.05, 3.63) is 71.9 Å². The van der Waals surface area contributed by atoms with E-state index >= 15 is 0 Å². The minimum absolute atomic E-state index is 0.356. The maximum atomic E-state index is 12.7. The summed E-state index contributed by atoms with van der Waals surface area (Å²) < 4.78 is 0. The summed E-state index contributed by atoms with van der Waals surface area (Å²) in [5.74, 6) is -2.11. The number of ketones is 1. The van der Waals surface area contributed by atoms with Gasteiger partial charge >= 0.3 is 12.0 Å². The Kier molecular flexibility index (Phi) is 7.04. The number of nitrogens with one attached hydrogen (secondary N) is 2. The zero-order valence-corrected chi connectivity index (χ0v) is 17.9. The van der Waals surface area contributed by atoms with Crippen molar-refractivity contribution >= 4 is 23.7 Å². The number of urea groups is 1. The first-order valence-electron chi connectivity index (χ1n) is 10.3. The highest BCUT2D eigenvalue weighted by atomic mass is 16.4. The van der Waals surface area contributed by atoms with E-state index in [1.165, 1.54) is 11.1 Å². The van der Waals surface area contributed by atoms with E-state index in [1.807, 2.05) is 42.5 Å². The smallest absolute Gasteiger partial charge is 0.316 e. The van der Waals surface area contributed by atoms with Crippen molar-refractivity contribution < 1.29 is 24.3 Å². The first-order chi connectivity index (χ1) is 15.3. The summed E-state index contributed by atoms with van der Waals surface area (Å²) in [6.07, 6.45) is 1.10. The predicted molar refractivity (Wildman–Crippen MR) is 118 cm³/mol. The molecule has 3 rings (SSSR count). The van der Waals surface area contributed by atoms with Crippen molar-refractivity contribution in [1.82, 2.24) is 15.5 Å². The minimum Gasteiger partial charge on any atom is -0.481 e. The molecule has 0 saturated heterocycles. The van der Waals surface area contributed by atoms with Crippen LogP contribution >= 0.6 is 0 Å². The third-order valence-corrected chi connectivity index (χ3v) is 5.23. The number of hydrogen-bond donors (Lipinski definition) is 3. The zero-order valence-electron chi connectivity index (χ0n) is 17.9. The monoisotopic (exact) mass is 435 g/mol. The van der Waals surface area contributed by atoms with Crippen LogP contribution in [0.4, 0.5) is 4.79 Å². The zero-order chi connectivity index (χ0) is 23.3. The summed E-state index contributed by atoms with van der Waals surface area (Å²) in [4.78, 5) is 50.4. The van der Waals surface area contributed by atoms with Crippen LogP contribution in [0.5, 0.6) is 0 Å². The van der Waals surface area contributed by atoms with Crippen LogP contribution in [0.3, 0.4) is 0 Å². The Bertz CT molecular complexity index is 1060. The van der Waals surface area contributed by atoms with Gasteiger partial charge in [-0.3, -0.25) is 14.4 Å². The topological polar surface area (TPSA) is 116 Å². The lowest BCUT2D eigenvalue weighted by Crippen LogP contribution is -2.56. The van der Waals surface area contributed by atoms with Gasteiger partial charge < -0.3 is 20.6 Å². The van der Waals surface area contributed by atoms with Crippen LogP contribution in [0.15, 0.2) is 66.4 Å². The number of benzene rings is 2. The molecule has 8 nitrogen and oxygen atoms in total. The number of aliphatic carboxylic acids is 1. The highest BCUT2D eigenvalue weighted by Gasteiger charge is 2.36. The number of rotatable bonds is 7. The molecule has 1 heterocycles. The average Bonchev–Trinajstić information content (AvgIpc) is 2.79. The number of nitrogens with zero attached hydrogens (tertiary/aromatic N) is 1. The third kappa shape index (κ3) is 5.21. The van der Waals surface area contributed by atoms with Crippen molar-refractivity contribution in [2.75, 3.05) is 6.54 Å². The van der Waals surface area contributed by atoms with E-state index in [2.05, 4.69) is 10.6 Å². The molecular weight excluding hydrogens is 410 g/mol. The Morgan fingerprint density at radius 3 is 2.41 bits per heavy atom. The Hall–Kier alpha value is -3.94. The van der Waals surface area contributed by atoms with E-state index in [4.69, 9.17) is 0 Å². The number of amides is 3. The minimum atomic E-state index is -1.35. The molecule has 2 aromatic carbocycles. The summed E-state index contributed by atoms with van der Waals surface area (Å²) in [7, 11) is 0. The van der Waals surface area contributed by atoms with Crippen LogP contribution < -0.4 is 10.6 Å². The van der Waals surface area contributed by atoms with Gasteiger partial charge in [0.25, 0.3) is 5.91 Å². The normalized spacial score (nSPS) is 16.9. The van der Waals surface area contributed by atoms with E-state index in [0.29, 0.717) is 17.7 Å². The predicted octanol–water partition coefficient (Wildman–Crippen LogP) is 2.87. The van der Waals surface area contributed by atoms with E-state index in [-0.39, 0.29) is 6.42 Å². The van der Waals surface area contributed by atoms with Gasteiger partial charge in [0.15, 0.2) is 11.8 Å². The number of Topliss-reactive ketones (excluding diaryl/α,β-unsaturated/α-hetero) is 1. The number of carboxylic acids is 1. The van der Waals surface area contributed by atoms with E-state index in [9.17, 15) is 24.3 Å². The Morgan fingerprint density at radius 1 is 1.06 bits per heavy atom. The molecule has 1 aliphatic heterocycles. The maximum Gasteiger partial charge on any atom is 0.316 e. The van der Waals surface area contributed by atoms with Crippen LogP contribution in [-0.4, -0.2) is 46.3 Å². The van der Waals surface area contributed by atoms with Gasteiger partial charge in [-0.1, -0.05) is 48.5 Å².